The maximum absolute atomic E-state index is 10.8. The van der Waals surface area contributed by atoms with Gasteiger partial charge in [0.2, 0.25) is 0 Å². The summed E-state index contributed by atoms with van der Waals surface area (Å²) in [4.78, 5) is 20.8. The highest BCUT2D eigenvalue weighted by atomic mass is 16.5. The second-order valence-electron chi connectivity index (χ2n) is 13.1. The van der Waals surface area contributed by atoms with Crippen LogP contribution >= 0.6 is 0 Å². The molecule has 3 heterocycles. The minimum atomic E-state index is 0.310. The van der Waals surface area contributed by atoms with Gasteiger partial charge in [0.1, 0.15) is 6.07 Å². The van der Waals surface area contributed by atoms with Gasteiger partial charge in [0.15, 0.2) is 34.7 Å². The van der Waals surface area contributed by atoms with E-state index in [1.165, 1.54) is 0 Å². The van der Waals surface area contributed by atoms with E-state index in [4.69, 9.17) is 26.3 Å². The fraction of sp³-hybridized carbons (Fsp3) is 0. The molecule has 0 saturated heterocycles. The van der Waals surface area contributed by atoms with Crippen molar-refractivity contribution in [3.63, 3.8) is 0 Å². The van der Waals surface area contributed by atoms with E-state index in [1.807, 2.05) is 121 Å². The van der Waals surface area contributed by atoms with Crippen LogP contribution < -0.4 is 9.64 Å². The van der Waals surface area contributed by atoms with E-state index in [-0.39, 0.29) is 0 Å². The number of benzene rings is 7. The minimum Gasteiger partial charge on any atom is -0.453 e. The van der Waals surface area contributed by atoms with Gasteiger partial charge >= 0.3 is 0 Å². The van der Waals surface area contributed by atoms with Crippen molar-refractivity contribution in [1.82, 2.24) is 19.5 Å². The first kappa shape index (κ1) is 31.6. The summed E-state index contributed by atoms with van der Waals surface area (Å²) in [6.45, 7) is 8.40. The summed E-state index contributed by atoms with van der Waals surface area (Å²) in [5, 5.41) is 12.8. The highest BCUT2D eigenvalue weighted by Crippen LogP contribution is 2.52. The molecule has 9 aromatic rings. The number of nitriles is 1. The molecule has 0 radical (unpaired) electrons. The quantitative estimate of drug-likeness (QED) is 0.166. The van der Waals surface area contributed by atoms with Gasteiger partial charge in [0.25, 0.3) is 0 Å². The molecule has 0 fully saturated rings. The molecule has 0 atom stereocenters. The number of hydrogen-bond acceptors (Lipinski definition) is 6. The monoisotopic (exact) mass is 705 g/mol. The molecule has 7 aromatic carbocycles. The average molecular weight is 706 g/mol. The molecular weight excluding hydrogens is 679 g/mol. The maximum atomic E-state index is 10.8. The fourth-order valence-corrected chi connectivity index (χ4v) is 7.38. The Morgan fingerprint density at radius 1 is 0.545 bits per heavy atom. The maximum Gasteiger partial charge on any atom is 0.200 e. The molecule has 0 N–H and O–H groups in total. The van der Waals surface area contributed by atoms with Crippen molar-refractivity contribution < 1.29 is 4.74 Å². The molecule has 1 aliphatic rings. The molecule has 256 valence electrons. The van der Waals surface area contributed by atoms with Gasteiger partial charge in [-0.2, -0.15) is 5.26 Å². The van der Waals surface area contributed by atoms with Gasteiger partial charge in [-0.1, -0.05) is 109 Å². The Labute approximate surface area is 316 Å². The van der Waals surface area contributed by atoms with Crippen LogP contribution in [0.2, 0.25) is 0 Å². The van der Waals surface area contributed by atoms with Crippen molar-refractivity contribution in [3.8, 4) is 57.4 Å². The molecule has 0 spiro atoms. The van der Waals surface area contributed by atoms with Gasteiger partial charge in [-0.25, -0.2) is 19.8 Å². The van der Waals surface area contributed by atoms with Crippen LogP contribution in [0.15, 0.2) is 164 Å². The minimum absolute atomic E-state index is 0.310. The van der Waals surface area contributed by atoms with Crippen molar-refractivity contribution in [2.45, 2.75) is 0 Å². The lowest BCUT2D eigenvalue weighted by Crippen LogP contribution is -2.15. The number of rotatable bonds is 5. The molecule has 8 heteroatoms. The zero-order chi connectivity index (χ0) is 36.9. The highest BCUT2D eigenvalue weighted by Gasteiger charge is 2.28. The van der Waals surface area contributed by atoms with Gasteiger partial charge in [-0.15, -0.1) is 0 Å². The number of para-hydroxylation sites is 4. The Bertz CT molecular complexity index is 2980. The molecule has 0 saturated carbocycles. The van der Waals surface area contributed by atoms with E-state index in [2.05, 4.69) is 50.7 Å². The van der Waals surface area contributed by atoms with Crippen LogP contribution in [0.3, 0.4) is 0 Å². The average Bonchev–Trinajstić information content (AvgIpc) is 3.57. The zero-order valence-corrected chi connectivity index (χ0v) is 29.1. The first-order chi connectivity index (χ1) is 27.2. The molecular formula is C47H27N7O. The van der Waals surface area contributed by atoms with E-state index < -0.39 is 0 Å². The Morgan fingerprint density at radius 2 is 1.16 bits per heavy atom. The standard InChI is InChI=1S/C47H27N7O/c1-49-37-27-40(32(29-48)25-36(37)47-51-45(30-15-5-2-6-16-30)50-46(52-47)31-17-7-3-8-18-31)54-38-22-12-11-21-34(38)35-26-44-42(28-41(35)54)53(33-19-9-4-10-20-33)39-23-13-14-24-43(39)55-44/h2-28H. The molecule has 0 bridgehead atoms. The number of hydrogen-bond donors (Lipinski definition) is 0. The highest BCUT2D eigenvalue weighted by molar-refractivity contribution is 6.12. The normalized spacial score (nSPS) is 11.7. The smallest absolute Gasteiger partial charge is 0.200 e. The van der Waals surface area contributed by atoms with Crippen molar-refractivity contribution in [1.29, 1.82) is 5.26 Å². The second-order valence-corrected chi connectivity index (χ2v) is 13.1. The molecule has 1 aliphatic heterocycles. The second kappa shape index (κ2) is 12.9. The van der Waals surface area contributed by atoms with Crippen LogP contribution in [0.5, 0.6) is 11.5 Å². The van der Waals surface area contributed by atoms with Crippen LogP contribution in [0.1, 0.15) is 5.56 Å². The van der Waals surface area contributed by atoms with Crippen molar-refractivity contribution in [3.05, 3.63) is 181 Å². The van der Waals surface area contributed by atoms with Crippen molar-refractivity contribution >= 4 is 44.6 Å². The van der Waals surface area contributed by atoms with Gasteiger partial charge in [-0.3, -0.25) is 0 Å². The molecule has 55 heavy (non-hydrogen) atoms. The summed E-state index contributed by atoms with van der Waals surface area (Å²) in [6.07, 6.45) is 0. The molecule has 10 rings (SSSR count). The number of fused-ring (bicyclic) bond motifs is 5. The van der Waals surface area contributed by atoms with E-state index in [0.717, 1.165) is 55.7 Å². The van der Waals surface area contributed by atoms with E-state index in [9.17, 15) is 5.26 Å². The summed E-state index contributed by atoms with van der Waals surface area (Å²) in [6, 6.07) is 55.8. The lowest BCUT2D eigenvalue weighted by Gasteiger charge is -2.33. The Balaban J connectivity index is 1.21. The largest absolute Gasteiger partial charge is 0.453 e. The van der Waals surface area contributed by atoms with Crippen molar-refractivity contribution in [2.24, 2.45) is 0 Å². The SMILES string of the molecule is [C-]#[N+]c1cc(-n2c3ccccc3c3cc4c(cc32)N(c2ccccc2)c2ccccc2O4)c(C#N)cc1-c1nc(-c2ccccc2)nc(-c2ccccc2)n1. The summed E-state index contributed by atoms with van der Waals surface area (Å²) in [5.41, 5.74) is 7.85. The van der Waals surface area contributed by atoms with Gasteiger partial charge < -0.3 is 14.2 Å². The van der Waals surface area contributed by atoms with Crippen LogP contribution in [0.25, 0.3) is 66.5 Å². The van der Waals surface area contributed by atoms with Crippen molar-refractivity contribution in [2.75, 3.05) is 4.90 Å². The number of aromatic nitrogens is 4. The van der Waals surface area contributed by atoms with Crippen LogP contribution in [0, 0.1) is 17.9 Å². The third kappa shape index (κ3) is 5.25. The van der Waals surface area contributed by atoms with E-state index in [0.29, 0.717) is 45.7 Å². The Kier molecular flexibility index (Phi) is 7.40. The molecule has 2 aromatic heterocycles. The summed E-state index contributed by atoms with van der Waals surface area (Å²) >= 11 is 0. The van der Waals surface area contributed by atoms with Gasteiger partial charge in [0, 0.05) is 33.2 Å². The number of ether oxygens (including phenoxy) is 1. The van der Waals surface area contributed by atoms with Gasteiger partial charge in [-0.05, 0) is 54.6 Å². The molecule has 0 amide bonds. The molecule has 0 unspecified atom stereocenters. The third-order valence-corrected chi connectivity index (χ3v) is 9.87. The fourth-order valence-electron chi connectivity index (χ4n) is 7.38. The molecule has 0 aliphatic carbocycles. The lowest BCUT2D eigenvalue weighted by molar-refractivity contribution is 0.478. The summed E-state index contributed by atoms with van der Waals surface area (Å²) in [7, 11) is 0. The summed E-state index contributed by atoms with van der Waals surface area (Å²) < 4.78 is 8.64. The number of anilines is 3. The molecule has 8 nitrogen and oxygen atoms in total. The van der Waals surface area contributed by atoms with Crippen LogP contribution in [-0.2, 0) is 0 Å². The third-order valence-electron chi connectivity index (χ3n) is 9.87. The Morgan fingerprint density at radius 3 is 1.85 bits per heavy atom. The summed E-state index contributed by atoms with van der Waals surface area (Å²) in [5.74, 6) is 2.74. The first-order valence-electron chi connectivity index (χ1n) is 17.7. The van der Waals surface area contributed by atoms with Crippen LogP contribution in [-0.4, -0.2) is 19.5 Å². The Hall–Kier alpha value is -8.07. The van der Waals surface area contributed by atoms with E-state index in [1.54, 1.807) is 12.1 Å². The van der Waals surface area contributed by atoms with Crippen LogP contribution in [0.4, 0.5) is 22.7 Å². The topological polar surface area (TPSA) is 84.2 Å². The predicted molar refractivity (Wildman–Crippen MR) is 216 cm³/mol. The number of nitrogens with zero attached hydrogens (tertiary/aromatic N) is 7. The van der Waals surface area contributed by atoms with E-state index >= 15 is 0 Å². The lowest BCUT2D eigenvalue weighted by atomic mass is 10.0. The zero-order valence-electron chi connectivity index (χ0n) is 29.1. The first-order valence-corrected chi connectivity index (χ1v) is 17.7. The predicted octanol–water partition coefficient (Wildman–Crippen LogP) is 12.0. The van der Waals surface area contributed by atoms with Gasteiger partial charge in [0.05, 0.1) is 40.2 Å².